The van der Waals surface area contributed by atoms with Crippen LogP contribution in [0.4, 0.5) is 0 Å². The van der Waals surface area contributed by atoms with Crippen LogP contribution in [0, 0.1) is 5.92 Å². The molecule has 0 aromatic heterocycles. The number of likely N-dealkylation sites (tertiary alicyclic amines) is 1. The van der Waals surface area contributed by atoms with Crippen molar-refractivity contribution in [3.05, 3.63) is 0 Å². The third kappa shape index (κ3) is 3.91. The minimum Gasteiger partial charge on any atom is -0.376 e. The summed E-state index contributed by atoms with van der Waals surface area (Å²) < 4.78 is 11.5. The van der Waals surface area contributed by atoms with Crippen LogP contribution in [0.5, 0.6) is 0 Å². The quantitative estimate of drug-likeness (QED) is 0.801. The maximum Gasteiger partial charge on any atom is 0.251 e. The Balaban J connectivity index is 1.76. The van der Waals surface area contributed by atoms with E-state index >= 15 is 0 Å². The van der Waals surface area contributed by atoms with Gasteiger partial charge < -0.3 is 20.1 Å². The van der Waals surface area contributed by atoms with Gasteiger partial charge in [-0.3, -0.25) is 4.79 Å². The normalized spacial score (nSPS) is 31.4. The molecular weight excluding hydrogens is 244 g/mol. The van der Waals surface area contributed by atoms with Gasteiger partial charge in [0.25, 0.3) is 5.91 Å². The number of ether oxygens (including phenoxy) is 2. The lowest BCUT2D eigenvalue weighted by Gasteiger charge is -2.21. The van der Waals surface area contributed by atoms with Crippen molar-refractivity contribution in [2.24, 2.45) is 11.7 Å². The molecule has 2 saturated heterocycles. The van der Waals surface area contributed by atoms with Crippen LogP contribution in [0.25, 0.3) is 0 Å². The summed E-state index contributed by atoms with van der Waals surface area (Å²) >= 11 is 0. The Hall–Kier alpha value is -0.650. The standard InChI is InChI=1S/C14H26N2O3/c1-10(2)9-18-12-5-6-16(8-12)14(17)13-4-3-11(7-15)19-13/h10-13H,3-9,15H2,1-2H3/t11-,12?,13+/m1/s1. The average Bonchev–Trinajstić information content (AvgIpc) is 3.04. The first-order valence-corrected chi connectivity index (χ1v) is 7.36. The maximum atomic E-state index is 12.3. The molecule has 0 aliphatic carbocycles. The lowest BCUT2D eigenvalue weighted by Crippen LogP contribution is -2.39. The maximum absolute atomic E-state index is 12.3. The van der Waals surface area contributed by atoms with Crippen LogP contribution >= 0.6 is 0 Å². The monoisotopic (exact) mass is 270 g/mol. The summed E-state index contributed by atoms with van der Waals surface area (Å²) in [5, 5.41) is 0. The Kier molecular flexibility index (Phi) is 5.19. The highest BCUT2D eigenvalue weighted by atomic mass is 16.5. The minimum absolute atomic E-state index is 0.0598. The van der Waals surface area contributed by atoms with Crippen LogP contribution in [0.15, 0.2) is 0 Å². The van der Waals surface area contributed by atoms with Gasteiger partial charge in [0.1, 0.15) is 6.10 Å². The molecular formula is C14H26N2O3. The van der Waals surface area contributed by atoms with E-state index in [-0.39, 0.29) is 24.2 Å². The van der Waals surface area contributed by atoms with Crippen molar-refractivity contribution >= 4 is 5.91 Å². The van der Waals surface area contributed by atoms with Gasteiger partial charge in [-0.25, -0.2) is 0 Å². The van der Waals surface area contributed by atoms with Crippen molar-refractivity contribution in [3.63, 3.8) is 0 Å². The van der Waals surface area contributed by atoms with Crippen molar-refractivity contribution in [1.82, 2.24) is 4.90 Å². The number of hydrogen-bond donors (Lipinski definition) is 1. The summed E-state index contributed by atoms with van der Waals surface area (Å²) in [6.07, 6.45) is 2.61. The van der Waals surface area contributed by atoms with E-state index in [4.69, 9.17) is 15.2 Å². The van der Waals surface area contributed by atoms with Crippen LogP contribution in [0.2, 0.25) is 0 Å². The van der Waals surface area contributed by atoms with Gasteiger partial charge in [-0.15, -0.1) is 0 Å². The van der Waals surface area contributed by atoms with Crippen molar-refractivity contribution < 1.29 is 14.3 Å². The van der Waals surface area contributed by atoms with Gasteiger partial charge in [0.15, 0.2) is 0 Å². The number of amides is 1. The van der Waals surface area contributed by atoms with Crippen molar-refractivity contribution in [1.29, 1.82) is 0 Å². The average molecular weight is 270 g/mol. The Morgan fingerprint density at radius 2 is 2.21 bits per heavy atom. The van der Waals surface area contributed by atoms with Crippen LogP contribution in [0.3, 0.4) is 0 Å². The molecule has 5 heteroatoms. The largest absolute Gasteiger partial charge is 0.376 e. The molecule has 0 bridgehead atoms. The Morgan fingerprint density at radius 1 is 1.42 bits per heavy atom. The molecule has 2 rings (SSSR count). The second-order valence-corrected chi connectivity index (χ2v) is 5.98. The first-order valence-electron chi connectivity index (χ1n) is 7.36. The molecule has 2 heterocycles. The zero-order chi connectivity index (χ0) is 13.8. The molecule has 0 aromatic rings. The van der Waals surface area contributed by atoms with E-state index in [9.17, 15) is 4.79 Å². The second-order valence-electron chi connectivity index (χ2n) is 5.98. The Morgan fingerprint density at radius 3 is 2.84 bits per heavy atom. The van der Waals surface area contributed by atoms with Gasteiger partial charge in [0, 0.05) is 26.2 Å². The van der Waals surface area contributed by atoms with Gasteiger partial charge >= 0.3 is 0 Å². The zero-order valence-electron chi connectivity index (χ0n) is 12.0. The van der Waals surface area contributed by atoms with E-state index < -0.39 is 0 Å². The van der Waals surface area contributed by atoms with Gasteiger partial charge in [-0.2, -0.15) is 0 Å². The van der Waals surface area contributed by atoms with E-state index in [0.29, 0.717) is 19.0 Å². The fraction of sp³-hybridized carbons (Fsp3) is 0.929. The van der Waals surface area contributed by atoms with Crippen molar-refractivity contribution in [3.8, 4) is 0 Å². The third-order valence-corrected chi connectivity index (χ3v) is 3.77. The number of nitrogens with two attached hydrogens (primary N) is 1. The summed E-state index contributed by atoms with van der Waals surface area (Å²) in [7, 11) is 0. The van der Waals surface area contributed by atoms with E-state index in [1.54, 1.807) is 0 Å². The molecule has 19 heavy (non-hydrogen) atoms. The number of hydrogen-bond acceptors (Lipinski definition) is 4. The summed E-state index contributed by atoms with van der Waals surface area (Å²) in [5.41, 5.74) is 5.57. The first-order chi connectivity index (χ1) is 9.10. The number of rotatable bonds is 5. The molecule has 5 nitrogen and oxygen atoms in total. The summed E-state index contributed by atoms with van der Waals surface area (Å²) in [4.78, 5) is 14.2. The van der Waals surface area contributed by atoms with Crippen molar-refractivity contribution in [2.75, 3.05) is 26.2 Å². The Labute approximate surface area is 115 Å². The molecule has 1 amide bonds. The minimum atomic E-state index is -0.280. The molecule has 2 fully saturated rings. The van der Waals surface area contributed by atoms with Gasteiger partial charge in [-0.1, -0.05) is 13.8 Å². The molecule has 0 radical (unpaired) electrons. The first kappa shape index (κ1) is 14.8. The smallest absolute Gasteiger partial charge is 0.251 e. The summed E-state index contributed by atoms with van der Waals surface area (Å²) in [6, 6.07) is 0. The highest BCUT2D eigenvalue weighted by Crippen LogP contribution is 2.23. The summed E-state index contributed by atoms with van der Waals surface area (Å²) in [5.74, 6) is 0.653. The summed E-state index contributed by atoms with van der Waals surface area (Å²) in [6.45, 7) is 7.04. The second kappa shape index (κ2) is 6.68. The van der Waals surface area contributed by atoms with Crippen LogP contribution in [-0.4, -0.2) is 55.4 Å². The number of carbonyl (C=O) groups is 1. The van der Waals surface area contributed by atoms with E-state index in [0.717, 1.165) is 32.4 Å². The van der Waals surface area contributed by atoms with E-state index in [2.05, 4.69) is 13.8 Å². The highest BCUT2D eigenvalue weighted by molar-refractivity contribution is 5.81. The topological polar surface area (TPSA) is 64.8 Å². The zero-order valence-corrected chi connectivity index (χ0v) is 12.0. The van der Waals surface area contributed by atoms with E-state index in [1.807, 2.05) is 4.90 Å². The van der Waals surface area contributed by atoms with Crippen LogP contribution < -0.4 is 5.73 Å². The Bertz CT molecular complexity index is 309. The van der Waals surface area contributed by atoms with E-state index in [1.165, 1.54) is 0 Å². The lowest BCUT2D eigenvalue weighted by atomic mass is 10.2. The molecule has 2 N–H and O–H groups in total. The predicted molar refractivity (Wildman–Crippen MR) is 72.7 cm³/mol. The SMILES string of the molecule is CC(C)COC1CCN(C(=O)[C@@H]2CC[C@H](CN)O2)C1. The molecule has 0 aromatic carbocycles. The number of nitrogens with zero attached hydrogens (tertiary/aromatic N) is 1. The molecule has 2 aliphatic heterocycles. The number of carbonyl (C=O) groups excluding carboxylic acids is 1. The predicted octanol–water partition coefficient (Wildman–Crippen LogP) is 0.766. The van der Waals surface area contributed by atoms with Gasteiger partial charge in [0.05, 0.1) is 12.2 Å². The molecule has 1 unspecified atom stereocenters. The van der Waals surface area contributed by atoms with Gasteiger partial charge in [-0.05, 0) is 25.2 Å². The fourth-order valence-electron chi connectivity index (χ4n) is 2.66. The van der Waals surface area contributed by atoms with Crippen molar-refractivity contribution in [2.45, 2.75) is 51.4 Å². The molecule has 0 saturated carbocycles. The van der Waals surface area contributed by atoms with Crippen LogP contribution in [-0.2, 0) is 14.3 Å². The third-order valence-electron chi connectivity index (χ3n) is 3.77. The van der Waals surface area contributed by atoms with Crippen LogP contribution in [0.1, 0.15) is 33.1 Å². The highest BCUT2D eigenvalue weighted by Gasteiger charge is 2.36. The molecule has 110 valence electrons. The molecule has 2 aliphatic rings. The molecule has 0 spiro atoms. The molecule has 3 atom stereocenters. The van der Waals surface area contributed by atoms with Gasteiger partial charge in [0.2, 0.25) is 0 Å². The lowest BCUT2D eigenvalue weighted by molar-refractivity contribution is -0.142. The fourth-order valence-corrected chi connectivity index (χ4v) is 2.66.